The highest BCUT2D eigenvalue weighted by Crippen LogP contribution is 2.14. The zero-order valence-electron chi connectivity index (χ0n) is 11.7. The third-order valence-electron chi connectivity index (χ3n) is 3.31. The molecule has 6 heteroatoms. The van der Waals surface area contributed by atoms with Gasteiger partial charge in [0.2, 0.25) is 0 Å². The van der Waals surface area contributed by atoms with Crippen LogP contribution in [0, 0.1) is 0 Å². The Bertz CT molecular complexity index is 749. The number of hydrogen-bond donors (Lipinski definition) is 1. The maximum Gasteiger partial charge on any atom is 0.326 e. The number of carbonyl (C=O) groups excluding carboxylic acids is 1. The first-order valence-electron chi connectivity index (χ1n) is 6.48. The minimum atomic E-state index is -1.10. The number of para-hydroxylation sites is 1. The second kappa shape index (κ2) is 5.78. The number of carboxylic acid groups (broad SMARTS) is 1. The molecule has 0 saturated heterocycles. The van der Waals surface area contributed by atoms with E-state index in [1.807, 2.05) is 0 Å². The quantitative estimate of drug-likeness (QED) is 0.926. The van der Waals surface area contributed by atoms with Gasteiger partial charge in [-0.15, -0.1) is 0 Å². The van der Waals surface area contributed by atoms with Gasteiger partial charge in [0.05, 0.1) is 5.39 Å². The van der Waals surface area contributed by atoms with E-state index in [2.05, 4.69) is 0 Å². The molecule has 0 bridgehead atoms. The van der Waals surface area contributed by atoms with Gasteiger partial charge in [0.25, 0.3) is 5.91 Å². The van der Waals surface area contributed by atoms with Crippen molar-refractivity contribution < 1.29 is 19.1 Å². The normalized spacial score (nSPS) is 12.1. The van der Waals surface area contributed by atoms with Gasteiger partial charge in [-0.3, -0.25) is 9.59 Å². The van der Waals surface area contributed by atoms with E-state index in [9.17, 15) is 14.4 Å². The Kier molecular flexibility index (Phi) is 4.07. The third kappa shape index (κ3) is 2.79. The average molecular weight is 289 g/mol. The fourth-order valence-corrected chi connectivity index (χ4v) is 2.14. The Morgan fingerprint density at radius 3 is 2.62 bits per heavy atom. The van der Waals surface area contributed by atoms with Gasteiger partial charge in [-0.25, -0.2) is 4.79 Å². The molecule has 21 heavy (non-hydrogen) atoms. The fourth-order valence-electron chi connectivity index (χ4n) is 2.14. The van der Waals surface area contributed by atoms with Crippen LogP contribution in [0.1, 0.15) is 23.9 Å². The van der Waals surface area contributed by atoms with Crippen molar-refractivity contribution in [2.45, 2.75) is 19.4 Å². The van der Waals surface area contributed by atoms with Gasteiger partial charge in [-0.1, -0.05) is 19.1 Å². The van der Waals surface area contributed by atoms with Crippen LogP contribution < -0.4 is 5.43 Å². The monoisotopic (exact) mass is 289 g/mol. The van der Waals surface area contributed by atoms with Crippen LogP contribution in [0.25, 0.3) is 11.0 Å². The van der Waals surface area contributed by atoms with E-state index in [1.165, 1.54) is 7.05 Å². The standard InChI is InChI=1S/C15H15NO5/c1-3-10(15(19)20)16(2)14(18)13-8-11(17)9-6-4-5-7-12(9)21-13/h4-8,10H,3H2,1-2H3,(H,19,20). The first kappa shape index (κ1) is 14.8. The summed E-state index contributed by atoms with van der Waals surface area (Å²) in [5.41, 5.74) is -0.0397. The molecule has 1 aromatic carbocycles. The molecule has 6 nitrogen and oxygen atoms in total. The van der Waals surface area contributed by atoms with Crippen LogP contribution in [0.3, 0.4) is 0 Å². The van der Waals surface area contributed by atoms with Crippen LogP contribution in [-0.2, 0) is 4.79 Å². The summed E-state index contributed by atoms with van der Waals surface area (Å²) in [4.78, 5) is 36.4. The highest BCUT2D eigenvalue weighted by atomic mass is 16.4. The second-order valence-electron chi connectivity index (χ2n) is 4.65. The Morgan fingerprint density at radius 1 is 1.33 bits per heavy atom. The van der Waals surface area contributed by atoms with E-state index in [0.717, 1.165) is 11.0 Å². The summed E-state index contributed by atoms with van der Waals surface area (Å²) in [6, 6.07) is 6.71. The minimum Gasteiger partial charge on any atom is -0.480 e. The molecular weight excluding hydrogens is 274 g/mol. The van der Waals surface area contributed by atoms with Gasteiger partial charge in [0.15, 0.2) is 11.2 Å². The molecule has 0 radical (unpaired) electrons. The number of aliphatic carboxylic acids is 1. The SMILES string of the molecule is CCC(C(=O)O)N(C)C(=O)c1cc(=O)c2ccccc2o1. The first-order chi connectivity index (χ1) is 9.95. The van der Waals surface area contributed by atoms with Crippen LogP contribution >= 0.6 is 0 Å². The number of carbonyl (C=O) groups is 2. The van der Waals surface area contributed by atoms with Crippen LogP contribution in [0.4, 0.5) is 0 Å². The largest absolute Gasteiger partial charge is 0.480 e. The lowest BCUT2D eigenvalue weighted by atomic mass is 10.2. The van der Waals surface area contributed by atoms with Crippen LogP contribution in [0.5, 0.6) is 0 Å². The maximum atomic E-state index is 12.3. The van der Waals surface area contributed by atoms with Gasteiger partial charge < -0.3 is 14.4 Å². The number of nitrogens with zero attached hydrogens (tertiary/aromatic N) is 1. The summed E-state index contributed by atoms with van der Waals surface area (Å²) in [6.45, 7) is 1.67. The highest BCUT2D eigenvalue weighted by molar-refractivity contribution is 5.95. The Hall–Kier alpha value is -2.63. The number of benzene rings is 1. The van der Waals surface area contributed by atoms with Gasteiger partial charge >= 0.3 is 5.97 Å². The molecule has 2 rings (SSSR count). The molecule has 1 heterocycles. The molecular formula is C15H15NO5. The van der Waals surface area contributed by atoms with E-state index >= 15 is 0 Å². The summed E-state index contributed by atoms with van der Waals surface area (Å²) in [6.07, 6.45) is 0.259. The molecule has 0 spiro atoms. The van der Waals surface area contributed by atoms with Crippen molar-refractivity contribution >= 4 is 22.8 Å². The van der Waals surface area contributed by atoms with E-state index in [0.29, 0.717) is 11.0 Å². The zero-order chi connectivity index (χ0) is 15.6. The number of fused-ring (bicyclic) bond motifs is 1. The molecule has 1 amide bonds. The lowest BCUT2D eigenvalue weighted by Gasteiger charge is -2.23. The zero-order valence-corrected chi connectivity index (χ0v) is 11.7. The average Bonchev–Trinajstić information content (AvgIpc) is 2.46. The molecule has 2 aromatic rings. The molecule has 1 aromatic heterocycles. The Morgan fingerprint density at radius 2 is 2.00 bits per heavy atom. The summed E-state index contributed by atoms with van der Waals surface area (Å²) in [5, 5.41) is 9.46. The molecule has 1 atom stereocenters. The molecule has 110 valence electrons. The van der Waals surface area contributed by atoms with E-state index in [-0.39, 0.29) is 17.6 Å². The van der Waals surface area contributed by atoms with Gasteiger partial charge in [0, 0.05) is 13.1 Å². The molecule has 0 saturated carbocycles. The predicted molar refractivity (Wildman–Crippen MR) is 76.3 cm³/mol. The van der Waals surface area contributed by atoms with Crippen molar-refractivity contribution in [3.05, 3.63) is 46.3 Å². The molecule has 0 fully saturated rings. The van der Waals surface area contributed by atoms with Crippen molar-refractivity contribution in [3.8, 4) is 0 Å². The fraction of sp³-hybridized carbons (Fsp3) is 0.267. The highest BCUT2D eigenvalue weighted by Gasteiger charge is 2.27. The van der Waals surface area contributed by atoms with Gasteiger partial charge in [0.1, 0.15) is 11.6 Å². The second-order valence-corrected chi connectivity index (χ2v) is 4.65. The molecule has 0 aliphatic heterocycles. The number of amides is 1. The van der Waals surface area contributed by atoms with Crippen molar-refractivity contribution in [2.75, 3.05) is 7.05 Å². The lowest BCUT2D eigenvalue weighted by molar-refractivity contribution is -0.142. The van der Waals surface area contributed by atoms with Crippen molar-refractivity contribution in [1.29, 1.82) is 0 Å². The summed E-state index contributed by atoms with van der Waals surface area (Å²) < 4.78 is 5.42. The summed E-state index contributed by atoms with van der Waals surface area (Å²) >= 11 is 0. The van der Waals surface area contributed by atoms with Crippen molar-refractivity contribution in [3.63, 3.8) is 0 Å². The number of carboxylic acids is 1. The summed E-state index contributed by atoms with van der Waals surface area (Å²) in [7, 11) is 1.37. The van der Waals surface area contributed by atoms with Gasteiger partial charge in [-0.2, -0.15) is 0 Å². The Balaban J connectivity index is 2.44. The van der Waals surface area contributed by atoms with Crippen LogP contribution in [0.2, 0.25) is 0 Å². The predicted octanol–water partition coefficient (Wildman–Crippen LogP) is 1.73. The Labute approximate surface area is 120 Å². The van der Waals surface area contributed by atoms with Crippen molar-refractivity contribution in [1.82, 2.24) is 4.90 Å². The lowest BCUT2D eigenvalue weighted by Crippen LogP contribution is -2.42. The van der Waals surface area contributed by atoms with Crippen LogP contribution in [0.15, 0.2) is 39.5 Å². The topological polar surface area (TPSA) is 87.8 Å². The number of rotatable bonds is 4. The van der Waals surface area contributed by atoms with Crippen LogP contribution in [-0.4, -0.2) is 35.0 Å². The molecule has 0 aliphatic carbocycles. The first-order valence-corrected chi connectivity index (χ1v) is 6.48. The maximum absolute atomic E-state index is 12.3. The summed E-state index contributed by atoms with van der Waals surface area (Å²) in [5.74, 6) is -1.90. The van der Waals surface area contributed by atoms with Crippen molar-refractivity contribution in [2.24, 2.45) is 0 Å². The van der Waals surface area contributed by atoms with E-state index in [4.69, 9.17) is 9.52 Å². The third-order valence-corrected chi connectivity index (χ3v) is 3.31. The van der Waals surface area contributed by atoms with Gasteiger partial charge in [-0.05, 0) is 18.6 Å². The minimum absolute atomic E-state index is 0.166. The molecule has 1 unspecified atom stereocenters. The molecule has 0 aliphatic rings. The number of hydrogen-bond acceptors (Lipinski definition) is 4. The molecule has 1 N–H and O–H groups in total. The van der Waals surface area contributed by atoms with E-state index < -0.39 is 17.9 Å². The smallest absolute Gasteiger partial charge is 0.326 e. The number of likely N-dealkylation sites (N-methyl/N-ethyl adjacent to an activating group) is 1. The van der Waals surface area contributed by atoms with E-state index in [1.54, 1.807) is 31.2 Å².